The minimum atomic E-state index is -2.54. The summed E-state index contributed by atoms with van der Waals surface area (Å²) in [4.78, 5) is 2.48. The van der Waals surface area contributed by atoms with E-state index in [-0.39, 0.29) is 0 Å². The molecule has 0 heterocycles. The molecule has 0 spiro atoms. The lowest BCUT2D eigenvalue weighted by Gasteiger charge is -2.28. The minimum Gasteiger partial charge on any atom is -0.377 e. The van der Waals surface area contributed by atoms with E-state index >= 15 is 0 Å². The summed E-state index contributed by atoms with van der Waals surface area (Å²) >= 11 is 0. The maximum atomic E-state index is 5.58. The molecule has 0 bridgehead atoms. The predicted octanol–water partition coefficient (Wildman–Crippen LogP) is 3.65. The molecule has 0 fully saturated rings. The molecule has 2 rings (SSSR count). The topological polar surface area (TPSA) is 30.9 Å². The average molecular weight is 374 g/mol. The summed E-state index contributed by atoms with van der Waals surface area (Å²) in [5.41, 5.74) is 2.73. The molecule has 0 aliphatic heterocycles. The van der Waals surface area contributed by atoms with Crippen LogP contribution >= 0.6 is 0 Å². The third-order valence-electron chi connectivity index (χ3n) is 4.79. The van der Waals surface area contributed by atoms with Crippen LogP contribution in [-0.4, -0.2) is 54.7 Å². The first kappa shape index (κ1) is 20.8. The first-order chi connectivity index (χ1) is 12.7. The second-order valence-electron chi connectivity index (χ2n) is 6.36. The number of hydrogen-bond donors (Lipinski definition) is 0. The molecule has 0 unspecified atom stereocenters. The van der Waals surface area contributed by atoms with Crippen molar-refractivity contribution in [1.29, 1.82) is 0 Å². The summed E-state index contributed by atoms with van der Waals surface area (Å²) in [6, 6.07) is 22.1. The van der Waals surface area contributed by atoms with E-state index in [0.717, 1.165) is 38.5 Å². The Kier molecular flexibility index (Phi) is 9.01. The van der Waals surface area contributed by atoms with Gasteiger partial charge in [0.2, 0.25) is 0 Å². The van der Waals surface area contributed by atoms with Crippen LogP contribution in [0.4, 0.5) is 0 Å². The predicted molar refractivity (Wildman–Crippen MR) is 108 cm³/mol. The molecule has 0 aliphatic rings. The van der Waals surface area contributed by atoms with Gasteiger partial charge in [0.15, 0.2) is 0 Å². The highest BCUT2D eigenvalue weighted by atomic mass is 28.4. The van der Waals surface area contributed by atoms with Crippen LogP contribution in [0.1, 0.15) is 11.1 Å². The summed E-state index contributed by atoms with van der Waals surface area (Å²) in [6.07, 6.45) is 2.08. The fourth-order valence-electron chi connectivity index (χ4n) is 3.05. The van der Waals surface area contributed by atoms with Crippen molar-refractivity contribution in [2.24, 2.45) is 0 Å². The van der Waals surface area contributed by atoms with Crippen molar-refractivity contribution >= 4 is 8.80 Å². The molecule has 0 saturated carbocycles. The second kappa shape index (κ2) is 11.3. The van der Waals surface area contributed by atoms with Crippen LogP contribution in [0, 0.1) is 0 Å². The van der Waals surface area contributed by atoms with E-state index in [1.165, 1.54) is 11.1 Å². The molecule has 0 radical (unpaired) electrons. The lowest BCUT2D eigenvalue weighted by Crippen LogP contribution is -2.46. The van der Waals surface area contributed by atoms with E-state index in [1.54, 1.807) is 21.3 Å². The smallest absolute Gasteiger partial charge is 0.377 e. The van der Waals surface area contributed by atoms with Gasteiger partial charge in [0.1, 0.15) is 0 Å². The fourth-order valence-corrected chi connectivity index (χ4v) is 4.75. The third-order valence-corrected chi connectivity index (χ3v) is 7.49. The largest absolute Gasteiger partial charge is 0.501 e. The molecule has 0 amide bonds. The summed E-state index contributed by atoms with van der Waals surface area (Å²) < 4.78 is 16.7. The SMILES string of the molecule is CO[Si](CCN(CCc1ccccc1)CCc1ccccc1)(OC)OC. The quantitative estimate of drug-likeness (QED) is 0.532. The van der Waals surface area contributed by atoms with Crippen molar-refractivity contribution < 1.29 is 13.3 Å². The molecule has 26 heavy (non-hydrogen) atoms. The molecule has 0 aromatic heterocycles. The van der Waals surface area contributed by atoms with Crippen molar-refractivity contribution in [3.63, 3.8) is 0 Å². The van der Waals surface area contributed by atoms with E-state index < -0.39 is 8.80 Å². The molecular formula is C21H31NO3Si. The van der Waals surface area contributed by atoms with E-state index in [2.05, 4.69) is 65.6 Å². The third kappa shape index (κ3) is 6.66. The first-order valence-corrected chi connectivity index (χ1v) is 11.1. The van der Waals surface area contributed by atoms with Crippen LogP contribution < -0.4 is 0 Å². The first-order valence-electron chi connectivity index (χ1n) is 9.17. The Bertz CT molecular complexity index is 553. The lowest BCUT2D eigenvalue weighted by molar-refractivity contribution is 0.118. The summed E-state index contributed by atoms with van der Waals surface area (Å²) in [7, 11) is 2.50. The average Bonchev–Trinajstić information content (AvgIpc) is 2.72. The van der Waals surface area contributed by atoms with Crippen molar-refractivity contribution in [2.75, 3.05) is 41.0 Å². The molecule has 5 heteroatoms. The maximum Gasteiger partial charge on any atom is 0.501 e. The Balaban J connectivity index is 1.95. The van der Waals surface area contributed by atoms with Crippen molar-refractivity contribution in [1.82, 2.24) is 4.90 Å². The number of benzene rings is 2. The van der Waals surface area contributed by atoms with Gasteiger partial charge in [-0.3, -0.25) is 0 Å². The van der Waals surface area contributed by atoms with Crippen molar-refractivity contribution in [2.45, 2.75) is 18.9 Å². The molecule has 0 aliphatic carbocycles. The van der Waals surface area contributed by atoms with Gasteiger partial charge in [-0.1, -0.05) is 60.7 Å². The molecule has 0 atom stereocenters. The van der Waals surface area contributed by atoms with Gasteiger partial charge in [0.05, 0.1) is 0 Å². The van der Waals surface area contributed by atoms with Gasteiger partial charge in [0, 0.05) is 47.0 Å². The number of hydrogen-bond acceptors (Lipinski definition) is 4. The molecule has 0 N–H and O–H groups in total. The summed E-state index contributed by atoms with van der Waals surface area (Å²) in [5.74, 6) is 0. The monoisotopic (exact) mass is 373 g/mol. The maximum absolute atomic E-state index is 5.58. The Morgan fingerprint density at radius 3 is 1.46 bits per heavy atom. The lowest BCUT2D eigenvalue weighted by atomic mass is 10.1. The van der Waals surface area contributed by atoms with Crippen LogP contribution in [-0.2, 0) is 26.1 Å². The van der Waals surface area contributed by atoms with Gasteiger partial charge >= 0.3 is 8.80 Å². The van der Waals surface area contributed by atoms with E-state index in [0.29, 0.717) is 0 Å². The van der Waals surface area contributed by atoms with Gasteiger partial charge in [-0.2, -0.15) is 0 Å². The zero-order valence-electron chi connectivity index (χ0n) is 16.2. The van der Waals surface area contributed by atoms with Gasteiger partial charge < -0.3 is 18.2 Å². The molecule has 0 saturated heterocycles. The van der Waals surface area contributed by atoms with Gasteiger partial charge in [-0.25, -0.2) is 0 Å². The Hall–Kier alpha value is -1.50. The molecule has 2 aromatic carbocycles. The van der Waals surface area contributed by atoms with Crippen molar-refractivity contribution in [3.05, 3.63) is 71.8 Å². The van der Waals surface area contributed by atoms with Crippen LogP contribution in [0.25, 0.3) is 0 Å². The van der Waals surface area contributed by atoms with E-state index in [1.807, 2.05) is 0 Å². The van der Waals surface area contributed by atoms with Gasteiger partial charge in [-0.05, 0) is 24.0 Å². The Morgan fingerprint density at radius 1 is 0.654 bits per heavy atom. The van der Waals surface area contributed by atoms with Crippen LogP contribution in [0.15, 0.2) is 60.7 Å². The normalized spacial score (nSPS) is 11.8. The number of rotatable bonds is 12. The highest BCUT2D eigenvalue weighted by Crippen LogP contribution is 2.14. The Morgan fingerprint density at radius 2 is 1.08 bits per heavy atom. The van der Waals surface area contributed by atoms with E-state index in [4.69, 9.17) is 13.3 Å². The summed E-state index contributed by atoms with van der Waals surface area (Å²) in [6.45, 7) is 2.93. The van der Waals surface area contributed by atoms with Crippen LogP contribution in [0.2, 0.25) is 6.04 Å². The molecule has 142 valence electrons. The number of nitrogens with zero attached hydrogens (tertiary/aromatic N) is 1. The highest BCUT2D eigenvalue weighted by molar-refractivity contribution is 6.60. The van der Waals surface area contributed by atoms with Crippen LogP contribution in [0.5, 0.6) is 0 Å². The van der Waals surface area contributed by atoms with Crippen molar-refractivity contribution in [3.8, 4) is 0 Å². The fraction of sp³-hybridized carbons (Fsp3) is 0.429. The highest BCUT2D eigenvalue weighted by Gasteiger charge is 2.37. The molecular weight excluding hydrogens is 342 g/mol. The van der Waals surface area contributed by atoms with Gasteiger partial charge in [0.25, 0.3) is 0 Å². The molecule has 4 nitrogen and oxygen atoms in total. The van der Waals surface area contributed by atoms with E-state index in [9.17, 15) is 0 Å². The van der Waals surface area contributed by atoms with Crippen LogP contribution in [0.3, 0.4) is 0 Å². The second-order valence-corrected chi connectivity index (χ2v) is 9.45. The zero-order valence-corrected chi connectivity index (χ0v) is 17.2. The zero-order chi connectivity index (χ0) is 18.7. The van der Waals surface area contributed by atoms with Gasteiger partial charge in [-0.15, -0.1) is 0 Å². The summed E-state index contributed by atoms with van der Waals surface area (Å²) in [5, 5.41) is 0. The Labute approximate surface area is 159 Å². The minimum absolute atomic E-state index is 0.792. The molecule has 2 aromatic rings. The standard InChI is InChI=1S/C21H31NO3Si/c1-23-26(24-2,25-3)19-18-22(16-14-20-10-6-4-7-11-20)17-15-21-12-8-5-9-13-21/h4-13H,14-19H2,1-3H3.